The van der Waals surface area contributed by atoms with Gasteiger partial charge in [0.1, 0.15) is 5.69 Å². The standard InChI is InChI=1S/C19H24N2O4S/c1-11-17(14(4)22)12(2)20-18(11)19(23)21(5)13(3)15-7-9-16(10-8-15)26(6,24)25/h7-10,13,20H,1-6H3. The molecule has 1 N–H and O–H groups in total. The van der Waals surface area contributed by atoms with Gasteiger partial charge in [-0.15, -0.1) is 0 Å². The molecule has 6 nitrogen and oxygen atoms in total. The van der Waals surface area contributed by atoms with Crippen molar-refractivity contribution in [1.29, 1.82) is 0 Å². The number of hydrogen-bond donors (Lipinski definition) is 1. The summed E-state index contributed by atoms with van der Waals surface area (Å²) in [6.07, 6.45) is 1.16. The first-order chi connectivity index (χ1) is 11.9. The minimum Gasteiger partial charge on any atom is -0.354 e. The number of carbonyl (C=O) groups is 2. The van der Waals surface area contributed by atoms with Crippen LogP contribution in [0, 0.1) is 13.8 Å². The van der Waals surface area contributed by atoms with Crippen LogP contribution in [0.15, 0.2) is 29.2 Å². The van der Waals surface area contributed by atoms with E-state index in [2.05, 4.69) is 4.98 Å². The summed E-state index contributed by atoms with van der Waals surface area (Å²) < 4.78 is 23.1. The molecule has 140 valence electrons. The number of carbonyl (C=O) groups excluding carboxylic acids is 2. The molecule has 0 aliphatic heterocycles. The van der Waals surface area contributed by atoms with Crippen molar-refractivity contribution < 1.29 is 18.0 Å². The fourth-order valence-corrected chi connectivity index (χ4v) is 3.69. The van der Waals surface area contributed by atoms with Crippen molar-refractivity contribution in [2.24, 2.45) is 0 Å². The maximum atomic E-state index is 12.9. The molecule has 1 heterocycles. The normalized spacial score (nSPS) is 12.7. The van der Waals surface area contributed by atoms with E-state index in [-0.39, 0.29) is 22.6 Å². The number of benzene rings is 1. The minimum atomic E-state index is -3.26. The first-order valence-corrected chi connectivity index (χ1v) is 10.1. The van der Waals surface area contributed by atoms with Gasteiger partial charge in [-0.25, -0.2) is 8.42 Å². The van der Waals surface area contributed by atoms with Crippen LogP contribution in [0.1, 0.15) is 57.6 Å². The van der Waals surface area contributed by atoms with E-state index < -0.39 is 9.84 Å². The van der Waals surface area contributed by atoms with Crippen LogP contribution in [0.3, 0.4) is 0 Å². The number of amides is 1. The fourth-order valence-electron chi connectivity index (χ4n) is 3.06. The molecule has 1 unspecified atom stereocenters. The Morgan fingerprint density at radius 3 is 2.08 bits per heavy atom. The third-order valence-electron chi connectivity index (χ3n) is 4.70. The zero-order valence-corrected chi connectivity index (χ0v) is 16.7. The van der Waals surface area contributed by atoms with E-state index in [1.54, 1.807) is 37.9 Å². The molecule has 0 spiro atoms. The number of sulfone groups is 1. The minimum absolute atomic E-state index is 0.0811. The number of aryl methyl sites for hydroxylation is 1. The molecule has 1 atom stereocenters. The topological polar surface area (TPSA) is 87.3 Å². The highest BCUT2D eigenvalue weighted by Gasteiger charge is 2.25. The van der Waals surface area contributed by atoms with Gasteiger partial charge in [0.05, 0.1) is 10.9 Å². The van der Waals surface area contributed by atoms with E-state index in [0.29, 0.717) is 22.5 Å². The van der Waals surface area contributed by atoms with Crippen LogP contribution < -0.4 is 0 Å². The van der Waals surface area contributed by atoms with Gasteiger partial charge in [0, 0.05) is 24.6 Å². The van der Waals surface area contributed by atoms with Crippen LogP contribution in [0.2, 0.25) is 0 Å². The number of nitrogens with zero attached hydrogens (tertiary/aromatic N) is 1. The lowest BCUT2D eigenvalue weighted by Crippen LogP contribution is -2.30. The number of rotatable bonds is 5. The molecule has 0 aliphatic carbocycles. The molecule has 0 aliphatic rings. The highest BCUT2D eigenvalue weighted by molar-refractivity contribution is 7.90. The van der Waals surface area contributed by atoms with Gasteiger partial charge in [0.2, 0.25) is 0 Å². The molecule has 1 amide bonds. The largest absolute Gasteiger partial charge is 0.354 e. The first kappa shape index (κ1) is 19.9. The summed E-state index contributed by atoms with van der Waals surface area (Å²) in [7, 11) is -1.58. The monoisotopic (exact) mass is 376 g/mol. The first-order valence-electron chi connectivity index (χ1n) is 8.22. The summed E-state index contributed by atoms with van der Waals surface area (Å²) >= 11 is 0. The van der Waals surface area contributed by atoms with Crippen LogP contribution in [-0.2, 0) is 9.84 Å². The molecular formula is C19H24N2O4S. The Hall–Kier alpha value is -2.41. The molecule has 1 aromatic carbocycles. The van der Waals surface area contributed by atoms with E-state index in [1.807, 2.05) is 6.92 Å². The van der Waals surface area contributed by atoms with E-state index >= 15 is 0 Å². The fraction of sp³-hybridized carbons (Fsp3) is 0.368. The van der Waals surface area contributed by atoms with E-state index in [0.717, 1.165) is 11.8 Å². The second-order valence-corrected chi connectivity index (χ2v) is 8.63. The number of aromatic amines is 1. The smallest absolute Gasteiger partial charge is 0.270 e. The second kappa shape index (κ2) is 7.07. The summed E-state index contributed by atoms with van der Waals surface area (Å²) in [5.74, 6) is -0.305. The maximum Gasteiger partial charge on any atom is 0.270 e. The Balaban J connectivity index is 2.31. The van der Waals surface area contributed by atoms with Crippen molar-refractivity contribution in [1.82, 2.24) is 9.88 Å². The lowest BCUT2D eigenvalue weighted by molar-refractivity contribution is 0.0736. The molecule has 26 heavy (non-hydrogen) atoms. The van der Waals surface area contributed by atoms with Gasteiger partial charge in [-0.05, 0) is 51.0 Å². The maximum absolute atomic E-state index is 12.9. The Labute approximate surface area is 154 Å². The molecule has 0 saturated carbocycles. The summed E-state index contributed by atoms with van der Waals surface area (Å²) in [4.78, 5) is 29.5. The molecule has 2 rings (SSSR count). The Kier molecular flexibility index (Phi) is 5.41. The molecule has 0 radical (unpaired) electrons. The third-order valence-corrected chi connectivity index (χ3v) is 5.82. The number of aromatic nitrogens is 1. The van der Waals surface area contributed by atoms with Gasteiger partial charge in [-0.1, -0.05) is 12.1 Å². The molecule has 7 heteroatoms. The average molecular weight is 376 g/mol. The van der Waals surface area contributed by atoms with E-state index in [9.17, 15) is 18.0 Å². The summed E-state index contributed by atoms with van der Waals surface area (Å²) in [6, 6.07) is 6.23. The predicted molar refractivity (Wildman–Crippen MR) is 100 cm³/mol. The predicted octanol–water partition coefficient (Wildman–Crippen LogP) is 3.07. The Bertz CT molecular complexity index is 956. The average Bonchev–Trinajstić information content (AvgIpc) is 2.86. The molecule has 0 saturated heterocycles. The summed E-state index contributed by atoms with van der Waals surface area (Å²) in [6.45, 7) is 6.87. The molecule has 2 aromatic rings. The quantitative estimate of drug-likeness (QED) is 0.813. The van der Waals surface area contributed by atoms with Crippen molar-refractivity contribution in [2.75, 3.05) is 13.3 Å². The molecule has 1 aromatic heterocycles. The molecule has 0 fully saturated rings. The zero-order chi connectivity index (χ0) is 19.8. The van der Waals surface area contributed by atoms with Crippen LogP contribution in [-0.4, -0.2) is 43.3 Å². The molecule has 0 bridgehead atoms. The lowest BCUT2D eigenvalue weighted by atomic mass is 10.0. The van der Waals surface area contributed by atoms with Gasteiger partial charge in [-0.3, -0.25) is 9.59 Å². The Morgan fingerprint density at radius 1 is 1.12 bits per heavy atom. The highest BCUT2D eigenvalue weighted by atomic mass is 32.2. The van der Waals surface area contributed by atoms with Gasteiger partial charge >= 0.3 is 0 Å². The van der Waals surface area contributed by atoms with Gasteiger partial charge in [0.15, 0.2) is 15.6 Å². The zero-order valence-electron chi connectivity index (χ0n) is 15.9. The van der Waals surface area contributed by atoms with Gasteiger partial charge < -0.3 is 9.88 Å². The third kappa shape index (κ3) is 3.72. The van der Waals surface area contributed by atoms with Crippen molar-refractivity contribution >= 4 is 21.5 Å². The summed E-state index contributed by atoms with van der Waals surface area (Å²) in [5, 5.41) is 0. The van der Waals surface area contributed by atoms with Crippen molar-refractivity contribution in [3.05, 3.63) is 52.3 Å². The van der Waals surface area contributed by atoms with E-state index in [4.69, 9.17) is 0 Å². The summed E-state index contributed by atoms with van der Waals surface area (Å²) in [5.41, 5.74) is 3.09. The number of ketones is 1. The van der Waals surface area contributed by atoms with Gasteiger partial charge in [-0.2, -0.15) is 0 Å². The van der Waals surface area contributed by atoms with Crippen molar-refractivity contribution in [2.45, 2.75) is 38.6 Å². The van der Waals surface area contributed by atoms with Gasteiger partial charge in [0.25, 0.3) is 5.91 Å². The van der Waals surface area contributed by atoms with Crippen LogP contribution in [0.5, 0.6) is 0 Å². The van der Waals surface area contributed by atoms with E-state index in [1.165, 1.54) is 19.1 Å². The van der Waals surface area contributed by atoms with Crippen molar-refractivity contribution in [3.8, 4) is 0 Å². The van der Waals surface area contributed by atoms with Crippen LogP contribution >= 0.6 is 0 Å². The Morgan fingerprint density at radius 2 is 1.65 bits per heavy atom. The van der Waals surface area contributed by atoms with Crippen molar-refractivity contribution in [3.63, 3.8) is 0 Å². The molecular weight excluding hydrogens is 352 g/mol. The van der Waals surface area contributed by atoms with Crippen LogP contribution in [0.4, 0.5) is 0 Å². The number of H-pyrrole nitrogens is 1. The number of Topliss-reactive ketones (excluding diaryl/α,β-unsaturated/α-hetero) is 1. The lowest BCUT2D eigenvalue weighted by Gasteiger charge is -2.25. The van der Waals surface area contributed by atoms with Crippen LogP contribution in [0.25, 0.3) is 0 Å². The number of nitrogens with one attached hydrogen (secondary N) is 1. The SMILES string of the molecule is CC(=O)c1c(C)[nH]c(C(=O)N(C)C(C)c2ccc(S(C)(=O)=O)cc2)c1C. The highest BCUT2D eigenvalue weighted by Crippen LogP contribution is 2.25. The number of hydrogen-bond acceptors (Lipinski definition) is 4. The second-order valence-electron chi connectivity index (χ2n) is 6.61.